The first-order valence-corrected chi connectivity index (χ1v) is 14.1. The molecule has 3 aliphatic heterocycles. The summed E-state index contributed by atoms with van der Waals surface area (Å²) in [4.78, 5) is 31.7. The molecule has 0 bridgehead atoms. The Morgan fingerprint density at radius 2 is 1.74 bits per heavy atom. The van der Waals surface area contributed by atoms with Crippen LogP contribution in [0.2, 0.25) is 0 Å². The molecule has 3 saturated heterocycles. The van der Waals surface area contributed by atoms with E-state index in [1.54, 1.807) is 0 Å². The number of piperazine rings is 2. The SMILES string of the molecule is CCc1nc(C(N)=O)c(Nc2ccc(N3CCC(N4CCN(C)CC4)CC3)cc2)nc1N1CCN[C@@H](C)C1. The molecule has 3 aliphatic rings. The van der Waals surface area contributed by atoms with E-state index in [1.807, 2.05) is 6.92 Å². The first kappa shape index (κ1) is 26.6. The molecule has 10 nitrogen and oxygen atoms in total. The molecule has 0 spiro atoms. The molecule has 1 atom stereocenters. The number of likely N-dealkylation sites (N-methyl/N-ethyl adjacent to an activating group) is 1. The van der Waals surface area contributed by atoms with E-state index in [9.17, 15) is 4.79 Å². The van der Waals surface area contributed by atoms with E-state index >= 15 is 0 Å². The molecule has 0 radical (unpaired) electrons. The van der Waals surface area contributed by atoms with Crippen LogP contribution < -0.4 is 26.2 Å². The topological polar surface area (TPSA) is 106 Å². The summed E-state index contributed by atoms with van der Waals surface area (Å²) in [6.07, 6.45) is 3.10. The number of piperidine rings is 1. The van der Waals surface area contributed by atoms with Gasteiger partial charge in [-0.15, -0.1) is 0 Å². The average molecular weight is 522 g/mol. The fourth-order valence-electron chi connectivity index (χ4n) is 5.90. The Hall–Kier alpha value is -2.95. The van der Waals surface area contributed by atoms with Crippen molar-refractivity contribution in [2.24, 2.45) is 5.73 Å². The molecular formula is C28H43N9O. The van der Waals surface area contributed by atoms with E-state index < -0.39 is 5.91 Å². The molecule has 206 valence electrons. The van der Waals surface area contributed by atoms with E-state index in [-0.39, 0.29) is 5.69 Å². The normalized spacial score (nSPS) is 22.0. The molecule has 10 heteroatoms. The average Bonchev–Trinajstić information content (AvgIpc) is 2.94. The quantitative estimate of drug-likeness (QED) is 0.504. The highest BCUT2D eigenvalue weighted by atomic mass is 16.1. The van der Waals surface area contributed by atoms with E-state index in [4.69, 9.17) is 10.7 Å². The number of amides is 1. The van der Waals surface area contributed by atoms with Gasteiger partial charge in [0.2, 0.25) is 0 Å². The number of anilines is 4. The Bertz CT molecular complexity index is 1090. The molecule has 2 aromatic rings. The van der Waals surface area contributed by atoms with Gasteiger partial charge in [0.15, 0.2) is 17.3 Å². The van der Waals surface area contributed by atoms with Crippen LogP contribution in [0.15, 0.2) is 24.3 Å². The molecule has 4 N–H and O–H groups in total. The van der Waals surface area contributed by atoms with Crippen LogP contribution in [-0.2, 0) is 6.42 Å². The molecule has 1 aromatic carbocycles. The van der Waals surface area contributed by atoms with Crippen LogP contribution in [0.4, 0.5) is 23.0 Å². The first-order valence-electron chi connectivity index (χ1n) is 14.1. The highest BCUT2D eigenvalue weighted by molar-refractivity contribution is 5.96. The van der Waals surface area contributed by atoms with Crippen LogP contribution in [0, 0.1) is 0 Å². The molecule has 0 aliphatic carbocycles. The Morgan fingerprint density at radius 1 is 1.03 bits per heavy atom. The summed E-state index contributed by atoms with van der Waals surface area (Å²) in [5, 5.41) is 6.80. The zero-order chi connectivity index (χ0) is 26.6. The van der Waals surface area contributed by atoms with Crippen molar-refractivity contribution in [2.45, 2.75) is 45.2 Å². The van der Waals surface area contributed by atoms with Crippen molar-refractivity contribution in [3.8, 4) is 0 Å². The highest BCUT2D eigenvalue weighted by Gasteiger charge is 2.27. The monoisotopic (exact) mass is 521 g/mol. The number of rotatable bonds is 7. The second-order valence-electron chi connectivity index (χ2n) is 10.9. The standard InChI is InChI=1S/C28H43N9O/c1-4-24-28(37-14-11-30-20(2)19-37)33-27(25(32-24)26(29)38)31-21-5-7-22(8-6-21)35-12-9-23(10-13-35)36-17-15-34(3)16-18-36/h5-8,20,23,30H,4,9-19H2,1-3H3,(H2,29,38)(H,31,33)/t20-/m0/s1. The third-order valence-electron chi connectivity index (χ3n) is 8.20. The van der Waals surface area contributed by atoms with Gasteiger partial charge in [0.05, 0.1) is 5.69 Å². The number of benzene rings is 1. The predicted molar refractivity (Wildman–Crippen MR) is 154 cm³/mol. The number of carbonyl (C=O) groups excluding carboxylic acids is 1. The van der Waals surface area contributed by atoms with Gasteiger partial charge >= 0.3 is 0 Å². The van der Waals surface area contributed by atoms with Crippen molar-refractivity contribution in [3.05, 3.63) is 35.7 Å². The summed E-state index contributed by atoms with van der Waals surface area (Å²) in [6.45, 7) is 13.7. The Balaban J connectivity index is 1.27. The second-order valence-corrected chi connectivity index (χ2v) is 10.9. The van der Waals surface area contributed by atoms with Gasteiger partial charge < -0.3 is 31.1 Å². The minimum absolute atomic E-state index is 0.184. The molecule has 0 saturated carbocycles. The summed E-state index contributed by atoms with van der Waals surface area (Å²) >= 11 is 0. The van der Waals surface area contributed by atoms with Crippen molar-refractivity contribution in [1.82, 2.24) is 25.1 Å². The zero-order valence-electron chi connectivity index (χ0n) is 23.1. The van der Waals surface area contributed by atoms with Gasteiger partial charge in [-0.3, -0.25) is 9.69 Å². The van der Waals surface area contributed by atoms with Gasteiger partial charge in [0.1, 0.15) is 0 Å². The van der Waals surface area contributed by atoms with Gasteiger partial charge in [-0.25, -0.2) is 9.97 Å². The fraction of sp³-hybridized carbons (Fsp3) is 0.607. The van der Waals surface area contributed by atoms with E-state index in [0.717, 1.165) is 49.9 Å². The zero-order valence-corrected chi connectivity index (χ0v) is 23.1. The molecule has 4 heterocycles. The van der Waals surface area contributed by atoms with Gasteiger partial charge in [-0.1, -0.05) is 6.92 Å². The van der Waals surface area contributed by atoms with Crippen LogP contribution in [0.1, 0.15) is 42.9 Å². The molecule has 3 fully saturated rings. The summed E-state index contributed by atoms with van der Waals surface area (Å²) in [5.74, 6) is 0.666. The Morgan fingerprint density at radius 3 is 2.37 bits per heavy atom. The van der Waals surface area contributed by atoms with Crippen LogP contribution in [0.25, 0.3) is 0 Å². The van der Waals surface area contributed by atoms with E-state index in [1.165, 1.54) is 44.7 Å². The molecule has 5 rings (SSSR count). The number of hydrogen-bond acceptors (Lipinski definition) is 9. The fourth-order valence-corrected chi connectivity index (χ4v) is 5.90. The number of primary amides is 1. The maximum atomic E-state index is 12.3. The largest absolute Gasteiger partial charge is 0.371 e. The Kier molecular flexibility index (Phi) is 8.30. The second kappa shape index (κ2) is 11.8. The number of hydrogen-bond donors (Lipinski definition) is 3. The summed E-state index contributed by atoms with van der Waals surface area (Å²) < 4.78 is 0. The van der Waals surface area contributed by atoms with E-state index in [0.29, 0.717) is 24.3 Å². The molecule has 38 heavy (non-hydrogen) atoms. The lowest BCUT2D eigenvalue weighted by Crippen LogP contribution is -2.52. The summed E-state index contributed by atoms with van der Waals surface area (Å²) in [5.41, 5.74) is 8.79. The first-order chi connectivity index (χ1) is 18.4. The number of aryl methyl sites for hydroxylation is 1. The lowest BCUT2D eigenvalue weighted by Gasteiger charge is -2.42. The number of nitrogens with one attached hydrogen (secondary N) is 2. The van der Waals surface area contributed by atoms with Crippen LogP contribution in [0.5, 0.6) is 0 Å². The highest BCUT2D eigenvalue weighted by Crippen LogP contribution is 2.28. The molecule has 0 unspecified atom stereocenters. The van der Waals surface area contributed by atoms with E-state index in [2.05, 4.69) is 73.5 Å². The lowest BCUT2D eigenvalue weighted by molar-refractivity contribution is 0.0982. The predicted octanol–water partition coefficient (Wildman–Crippen LogP) is 1.90. The van der Waals surface area contributed by atoms with Crippen LogP contribution in [-0.4, -0.2) is 104 Å². The van der Waals surface area contributed by atoms with Crippen molar-refractivity contribution in [2.75, 3.05) is 81.1 Å². The number of aromatic nitrogens is 2. The summed E-state index contributed by atoms with van der Waals surface area (Å²) in [7, 11) is 2.21. The third kappa shape index (κ3) is 6.03. The minimum atomic E-state index is -0.574. The number of carbonyl (C=O) groups is 1. The number of nitrogens with zero attached hydrogens (tertiary/aromatic N) is 6. The van der Waals surface area contributed by atoms with Gasteiger partial charge in [0, 0.05) is 82.4 Å². The van der Waals surface area contributed by atoms with Gasteiger partial charge in [-0.05, 0) is 57.5 Å². The van der Waals surface area contributed by atoms with Gasteiger partial charge in [0.25, 0.3) is 5.91 Å². The van der Waals surface area contributed by atoms with Crippen LogP contribution in [0.3, 0.4) is 0 Å². The maximum Gasteiger partial charge on any atom is 0.271 e. The Labute approximate surface area is 226 Å². The molecular weight excluding hydrogens is 478 g/mol. The molecule has 1 aromatic heterocycles. The van der Waals surface area contributed by atoms with Gasteiger partial charge in [-0.2, -0.15) is 0 Å². The lowest BCUT2D eigenvalue weighted by atomic mass is 10.0. The van der Waals surface area contributed by atoms with Crippen molar-refractivity contribution in [1.29, 1.82) is 0 Å². The smallest absolute Gasteiger partial charge is 0.271 e. The minimum Gasteiger partial charge on any atom is -0.371 e. The summed E-state index contributed by atoms with van der Waals surface area (Å²) in [6, 6.07) is 9.46. The number of nitrogens with two attached hydrogens (primary N) is 1. The van der Waals surface area contributed by atoms with Crippen molar-refractivity contribution in [3.63, 3.8) is 0 Å². The van der Waals surface area contributed by atoms with Crippen molar-refractivity contribution >= 4 is 28.9 Å². The van der Waals surface area contributed by atoms with Crippen molar-refractivity contribution < 1.29 is 4.79 Å². The maximum absolute atomic E-state index is 12.3. The third-order valence-corrected chi connectivity index (χ3v) is 8.20. The molecule has 1 amide bonds. The van der Waals surface area contributed by atoms with Crippen LogP contribution >= 0.6 is 0 Å².